The first-order chi connectivity index (χ1) is 16.2. The Hall–Kier alpha value is -2.96. The third kappa shape index (κ3) is 6.09. The van der Waals surface area contributed by atoms with Crippen LogP contribution < -0.4 is 16.0 Å². The molecule has 174 valence electrons. The molecule has 6 heteroatoms. The summed E-state index contributed by atoms with van der Waals surface area (Å²) >= 11 is 0. The molecule has 3 N–H and O–H groups in total. The van der Waals surface area contributed by atoms with E-state index < -0.39 is 0 Å². The summed E-state index contributed by atoms with van der Waals surface area (Å²) in [6.07, 6.45) is 3.79. The first kappa shape index (κ1) is 23.2. The average Bonchev–Trinajstić information content (AvgIpc) is 2.87. The highest BCUT2D eigenvalue weighted by Gasteiger charge is 2.34. The van der Waals surface area contributed by atoms with Crippen LogP contribution in [0.25, 0.3) is 10.9 Å². The molecule has 1 aliphatic heterocycles. The summed E-state index contributed by atoms with van der Waals surface area (Å²) in [5.74, 6) is 0.832. The van der Waals surface area contributed by atoms with E-state index in [1.54, 1.807) is 0 Å². The number of fused-ring (bicyclic) bond motifs is 1. The van der Waals surface area contributed by atoms with Gasteiger partial charge in [0.2, 0.25) is 0 Å². The molecule has 0 aliphatic carbocycles. The zero-order valence-electron chi connectivity index (χ0n) is 19.7. The van der Waals surface area contributed by atoms with Crippen molar-refractivity contribution >= 4 is 16.9 Å². The smallest absolute Gasteiger partial charge is 0.191 e. The summed E-state index contributed by atoms with van der Waals surface area (Å²) in [6.45, 7) is 8.07. The van der Waals surface area contributed by atoms with Gasteiger partial charge in [0, 0.05) is 49.5 Å². The number of nitrogens with zero attached hydrogens (tertiary/aromatic N) is 2. The van der Waals surface area contributed by atoms with Crippen LogP contribution in [0.3, 0.4) is 0 Å². The number of hydrogen-bond donors (Lipinski definition) is 3. The summed E-state index contributed by atoms with van der Waals surface area (Å²) in [4.78, 5) is 9.36. The molecule has 3 aromatic rings. The van der Waals surface area contributed by atoms with Gasteiger partial charge in [0.05, 0.1) is 12.1 Å². The molecule has 1 aromatic heterocycles. The van der Waals surface area contributed by atoms with Gasteiger partial charge < -0.3 is 20.7 Å². The summed E-state index contributed by atoms with van der Waals surface area (Å²) in [5.41, 5.74) is 3.43. The van der Waals surface area contributed by atoms with Gasteiger partial charge in [0.25, 0.3) is 0 Å². The molecule has 33 heavy (non-hydrogen) atoms. The molecule has 2 aromatic carbocycles. The molecule has 0 spiro atoms. The molecule has 6 nitrogen and oxygen atoms in total. The van der Waals surface area contributed by atoms with Crippen molar-refractivity contribution in [1.82, 2.24) is 20.9 Å². The number of para-hydroxylation sites is 1. The number of aromatic nitrogens is 1. The van der Waals surface area contributed by atoms with E-state index in [9.17, 15) is 0 Å². The lowest BCUT2D eigenvalue weighted by atomic mass is 9.88. The highest BCUT2D eigenvalue weighted by Crippen LogP contribution is 2.25. The number of aliphatic imine (C=N–C) groups is 1. The molecule has 1 saturated heterocycles. The highest BCUT2D eigenvalue weighted by atomic mass is 16.5. The second kappa shape index (κ2) is 11.3. The second-order valence-electron chi connectivity index (χ2n) is 8.71. The average molecular weight is 446 g/mol. The number of pyridine rings is 1. The Morgan fingerprint density at radius 1 is 1.03 bits per heavy atom. The normalized spacial score (nSPS) is 17.0. The standard InChI is InChI=1S/C27H35N5O/c1-3-28-26(30-19-23-13-16-29-25-12-8-7-11-24(23)25)31-20-27(14-17-33-18-15-27)32-21(2)22-9-5-4-6-10-22/h4-13,16,21,32H,3,14-15,17-20H2,1-2H3,(H2,28,30,31). The Kier molecular flexibility index (Phi) is 7.92. The lowest BCUT2D eigenvalue weighted by molar-refractivity contribution is 0.0355. The molecule has 0 saturated carbocycles. The van der Waals surface area contributed by atoms with Crippen molar-refractivity contribution in [2.24, 2.45) is 4.99 Å². The van der Waals surface area contributed by atoms with Gasteiger partial charge in [-0.15, -0.1) is 0 Å². The van der Waals surface area contributed by atoms with E-state index in [0.717, 1.165) is 56.0 Å². The maximum atomic E-state index is 5.69. The predicted octanol–water partition coefficient (Wildman–Crippen LogP) is 4.19. The summed E-state index contributed by atoms with van der Waals surface area (Å²) < 4.78 is 5.69. The molecule has 1 fully saturated rings. The monoisotopic (exact) mass is 445 g/mol. The number of guanidine groups is 1. The van der Waals surface area contributed by atoms with Gasteiger partial charge in [-0.2, -0.15) is 0 Å². The van der Waals surface area contributed by atoms with Crippen molar-refractivity contribution in [1.29, 1.82) is 0 Å². The van der Waals surface area contributed by atoms with Crippen LogP contribution in [0.4, 0.5) is 0 Å². The van der Waals surface area contributed by atoms with Crippen molar-refractivity contribution in [3.05, 3.63) is 78.0 Å². The lowest BCUT2D eigenvalue weighted by Gasteiger charge is -2.41. The van der Waals surface area contributed by atoms with Crippen molar-refractivity contribution in [3.8, 4) is 0 Å². The van der Waals surface area contributed by atoms with E-state index in [1.807, 2.05) is 18.3 Å². The summed E-state index contributed by atoms with van der Waals surface area (Å²) in [5, 5.41) is 12.1. The van der Waals surface area contributed by atoms with E-state index in [0.29, 0.717) is 6.54 Å². The number of nitrogens with one attached hydrogen (secondary N) is 3. The first-order valence-electron chi connectivity index (χ1n) is 11.9. The zero-order valence-corrected chi connectivity index (χ0v) is 19.7. The summed E-state index contributed by atoms with van der Waals surface area (Å²) in [7, 11) is 0. The van der Waals surface area contributed by atoms with Crippen molar-refractivity contribution in [2.75, 3.05) is 26.3 Å². The van der Waals surface area contributed by atoms with Crippen LogP contribution >= 0.6 is 0 Å². The SMILES string of the molecule is CCNC(=NCc1ccnc2ccccc12)NCC1(NC(C)c2ccccc2)CCOCC1. The summed E-state index contributed by atoms with van der Waals surface area (Å²) in [6, 6.07) is 21.2. The minimum absolute atomic E-state index is 0.0485. The Bertz CT molecular complexity index is 1040. The molecule has 1 aliphatic rings. The Morgan fingerprint density at radius 3 is 2.58 bits per heavy atom. The first-order valence-corrected chi connectivity index (χ1v) is 11.9. The third-order valence-electron chi connectivity index (χ3n) is 6.36. The molecule has 1 unspecified atom stereocenters. The fraction of sp³-hybridized carbons (Fsp3) is 0.407. The highest BCUT2D eigenvalue weighted by molar-refractivity contribution is 5.83. The molecule has 0 radical (unpaired) electrons. The minimum atomic E-state index is -0.0485. The lowest BCUT2D eigenvalue weighted by Crippen LogP contribution is -2.58. The molecule has 4 rings (SSSR count). The number of ether oxygens (including phenoxy) is 1. The molecule has 2 heterocycles. The van der Waals surface area contributed by atoms with E-state index >= 15 is 0 Å². The van der Waals surface area contributed by atoms with E-state index in [-0.39, 0.29) is 11.6 Å². The second-order valence-corrected chi connectivity index (χ2v) is 8.71. The van der Waals surface area contributed by atoms with Crippen molar-refractivity contribution in [2.45, 2.75) is 44.8 Å². The van der Waals surface area contributed by atoms with Crippen LogP contribution in [0.15, 0.2) is 71.9 Å². The van der Waals surface area contributed by atoms with Crippen LogP contribution in [-0.4, -0.2) is 42.8 Å². The maximum absolute atomic E-state index is 5.69. The van der Waals surface area contributed by atoms with Gasteiger partial charge >= 0.3 is 0 Å². The molecular weight excluding hydrogens is 410 g/mol. The number of benzene rings is 2. The van der Waals surface area contributed by atoms with Crippen LogP contribution in [0, 0.1) is 0 Å². The quantitative estimate of drug-likeness (QED) is 0.358. The van der Waals surface area contributed by atoms with Crippen LogP contribution in [0.2, 0.25) is 0 Å². The minimum Gasteiger partial charge on any atom is -0.381 e. The molecule has 0 bridgehead atoms. The van der Waals surface area contributed by atoms with Gasteiger partial charge in [-0.3, -0.25) is 4.98 Å². The van der Waals surface area contributed by atoms with E-state index in [1.165, 1.54) is 11.1 Å². The van der Waals surface area contributed by atoms with Crippen LogP contribution in [0.1, 0.15) is 43.9 Å². The van der Waals surface area contributed by atoms with Gasteiger partial charge in [-0.25, -0.2) is 4.99 Å². The topological polar surface area (TPSA) is 70.6 Å². The van der Waals surface area contributed by atoms with Crippen LogP contribution in [-0.2, 0) is 11.3 Å². The molecule has 0 amide bonds. The van der Waals surface area contributed by atoms with E-state index in [4.69, 9.17) is 9.73 Å². The largest absolute Gasteiger partial charge is 0.381 e. The Labute approximate surface area is 196 Å². The Morgan fingerprint density at radius 2 is 1.79 bits per heavy atom. The van der Waals surface area contributed by atoms with Gasteiger partial charge in [-0.05, 0) is 49.9 Å². The predicted molar refractivity (Wildman–Crippen MR) is 135 cm³/mol. The van der Waals surface area contributed by atoms with Crippen LogP contribution in [0.5, 0.6) is 0 Å². The fourth-order valence-electron chi connectivity index (χ4n) is 4.47. The Balaban J connectivity index is 1.47. The number of rotatable bonds is 8. The van der Waals surface area contributed by atoms with Gasteiger partial charge in [0.15, 0.2) is 5.96 Å². The maximum Gasteiger partial charge on any atom is 0.191 e. The van der Waals surface area contributed by atoms with E-state index in [2.05, 4.69) is 83.3 Å². The van der Waals surface area contributed by atoms with Crippen molar-refractivity contribution in [3.63, 3.8) is 0 Å². The molecule has 1 atom stereocenters. The molecular formula is C27H35N5O. The van der Waals surface area contributed by atoms with Gasteiger partial charge in [0.1, 0.15) is 0 Å². The number of hydrogen-bond acceptors (Lipinski definition) is 4. The zero-order chi connectivity index (χ0) is 22.9. The third-order valence-corrected chi connectivity index (χ3v) is 6.36. The van der Waals surface area contributed by atoms with Crippen molar-refractivity contribution < 1.29 is 4.74 Å². The van der Waals surface area contributed by atoms with Gasteiger partial charge in [-0.1, -0.05) is 48.5 Å². The fourth-order valence-corrected chi connectivity index (χ4v) is 4.47.